The van der Waals surface area contributed by atoms with E-state index in [9.17, 15) is 18.3 Å². The first-order valence-corrected chi connectivity index (χ1v) is 12.2. The monoisotopic (exact) mass is 422 g/mol. The molecule has 29 heavy (non-hydrogen) atoms. The molecule has 3 aliphatic rings. The van der Waals surface area contributed by atoms with Gasteiger partial charge in [0.25, 0.3) is 0 Å². The molecule has 0 saturated carbocycles. The van der Waals surface area contributed by atoms with Crippen molar-refractivity contribution < 1.29 is 23.1 Å². The second-order valence-corrected chi connectivity index (χ2v) is 10.9. The van der Waals surface area contributed by atoms with Crippen LogP contribution in [0.1, 0.15) is 18.4 Å². The lowest BCUT2D eigenvalue weighted by Gasteiger charge is -2.30. The normalized spacial score (nSPS) is 28.6. The van der Waals surface area contributed by atoms with Gasteiger partial charge in [-0.2, -0.15) is 0 Å². The number of aliphatic hydroxyl groups is 1. The molecule has 7 nitrogen and oxygen atoms in total. The van der Waals surface area contributed by atoms with E-state index in [0.717, 1.165) is 38.0 Å². The number of hydrogen-bond acceptors (Lipinski definition) is 6. The van der Waals surface area contributed by atoms with Crippen LogP contribution in [-0.2, 0) is 25.9 Å². The van der Waals surface area contributed by atoms with Crippen molar-refractivity contribution in [1.82, 2.24) is 9.80 Å². The Morgan fingerprint density at radius 3 is 2.45 bits per heavy atom. The van der Waals surface area contributed by atoms with E-state index in [1.54, 1.807) is 12.1 Å². The smallest absolute Gasteiger partial charge is 0.225 e. The van der Waals surface area contributed by atoms with Crippen LogP contribution in [0.15, 0.2) is 29.2 Å². The fourth-order valence-corrected chi connectivity index (χ4v) is 5.74. The second-order valence-electron chi connectivity index (χ2n) is 8.91. The van der Waals surface area contributed by atoms with Gasteiger partial charge in [0.05, 0.1) is 11.5 Å². The van der Waals surface area contributed by atoms with Crippen molar-refractivity contribution >= 4 is 15.7 Å². The molecule has 3 heterocycles. The van der Waals surface area contributed by atoms with Gasteiger partial charge in [-0.25, -0.2) is 8.42 Å². The Morgan fingerprint density at radius 2 is 1.86 bits per heavy atom. The number of likely N-dealkylation sites (tertiary alicyclic amines) is 2. The summed E-state index contributed by atoms with van der Waals surface area (Å²) in [6.07, 6.45) is 2.80. The first-order chi connectivity index (χ1) is 13.8. The van der Waals surface area contributed by atoms with Crippen LogP contribution in [-0.4, -0.2) is 81.5 Å². The van der Waals surface area contributed by atoms with Gasteiger partial charge in [-0.15, -0.1) is 0 Å². The summed E-state index contributed by atoms with van der Waals surface area (Å²) in [6, 6.07) is 7.02. The Kier molecular flexibility index (Phi) is 5.72. The van der Waals surface area contributed by atoms with Crippen molar-refractivity contribution in [2.75, 3.05) is 52.3 Å². The number of benzene rings is 1. The average Bonchev–Trinajstić information content (AvgIpc) is 3.22. The maximum Gasteiger partial charge on any atom is 0.225 e. The van der Waals surface area contributed by atoms with E-state index in [1.165, 1.54) is 6.26 Å². The number of carbonyl (C=O) groups excluding carboxylic acids is 1. The van der Waals surface area contributed by atoms with Crippen molar-refractivity contribution in [1.29, 1.82) is 0 Å². The van der Waals surface area contributed by atoms with Crippen LogP contribution in [0.5, 0.6) is 0 Å². The SMILES string of the molecule is CS(=O)(=O)c1ccc(CN2CC3CN(C(=O)C4CCOCC4)CC3(CO)C2)cc1. The van der Waals surface area contributed by atoms with Crippen molar-refractivity contribution in [3.63, 3.8) is 0 Å². The molecule has 3 saturated heterocycles. The first kappa shape index (κ1) is 20.8. The molecule has 1 aromatic carbocycles. The van der Waals surface area contributed by atoms with E-state index in [1.807, 2.05) is 17.0 Å². The summed E-state index contributed by atoms with van der Waals surface area (Å²) in [7, 11) is -3.19. The zero-order chi connectivity index (χ0) is 20.6. The second kappa shape index (κ2) is 7.98. The van der Waals surface area contributed by atoms with Crippen molar-refractivity contribution in [2.24, 2.45) is 17.3 Å². The number of carbonyl (C=O) groups is 1. The third-order valence-electron chi connectivity index (χ3n) is 6.78. The van der Waals surface area contributed by atoms with E-state index in [0.29, 0.717) is 31.2 Å². The zero-order valence-electron chi connectivity index (χ0n) is 16.9. The van der Waals surface area contributed by atoms with E-state index in [2.05, 4.69) is 4.90 Å². The quantitative estimate of drug-likeness (QED) is 0.754. The molecule has 0 radical (unpaired) electrons. The number of nitrogens with zero attached hydrogens (tertiary/aromatic N) is 2. The zero-order valence-corrected chi connectivity index (χ0v) is 17.7. The molecule has 160 valence electrons. The molecule has 1 amide bonds. The molecule has 0 bridgehead atoms. The molecule has 3 fully saturated rings. The number of ether oxygens (including phenoxy) is 1. The highest BCUT2D eigenvalue weighted by molar-refractivity contribution is 7.90. The van der Waals surface area contributed by atoms with Crippen molar-refractivity contribution in [2.45, 2.75) is 24.3 Å². The topological polar surface area (TPSA) is 87.2 Å². The molecule has 0 aromatic heterocycles. The third kappa shape index (κ3) is 4.21. The summed E-state index contributed by atoms with van der Waals surface area (Å²) >= 11 is 0. The van der Waals surface area contributed by atoms with E-state index in [4.69, 9.17) is 4.74 Å². The predicted octanol–water partition coefficient (Wildman–Crippen LogP) is 0.769. The fourth-order valence-electron chi connectivity index (χ4n) is 5.11. The van der Waals surface area contributed by atoms with Crippen LogP contribution in [0.25, 0.3) is 0 Å². The lowest BCUT2D eigenvalue weighted by molar-refractivity contribution is -0.138. The van der Waals surface area contributed by atoms with E-state index < -0.39 is 9.84 Å². The number of amides is 1. The van der Waals surface area contributed by atoms with Gasteiger partial charge in [0.2, 0.25) is 5.91 Å². The minimum absolute atomic E-state index is 0.0581. The van der Waals surface area contributed by atoms with Crippen molar-refractivity contribution in [3.8, 4) is 0 Å². The van der Waals surface area contributed by atoms with Gasteiger partial charge in [0, 0.05) is 63.5 Å². The molecule has 0 spiro atoms. The van der Waals surface area contributed by atoms with Gasteiger partial charge in [-0.3, -0.25) is 9.69 Å². The molecular weight excluding hydrogens is 392 g/mol. The lowest BCUT2D eigenvalue weighted by atomic mass is 9.82. The molecule has 8 heteroatoms. The number of fused-ring (bicyclic) bond motifs is 1. The van der Waals surface area contributed by atoms with Crippen LogP contribution < -0.4 is 0 Å². The molecule has 3 aliphatic heterocycles. The highest BCUT2D eigenvalue weighted by Crippen LogP contribution is 2.43. The average molecular weight is 423 g/mol. The Hall–Kier alpha value is -1.48. The Bertz CT molecular complexity index is 850. The van der Waals surface area contributed by atoms with Gasteiger partial charge < -0.3 is 14.7 Å². The van der Waals surface area contributed by atoms with E-state index in [-0.39, 0.29) is 29.8 Å². The number of hydrogen-bond donors (Lipinski definition) is 1. The van der Waals surface area contributed by atoms with Gasteiger partial charge in [0.15, 0.2) is 9.84 Å². The van der Waals surface area contributed by atoms with Gasteiger partial charge in [0.1, 0.15) is 0 Å². The molecule has 1 N–H and O–H groups in total. The molecule has 4 rings (SSSR count). The van der Waals surface area contributed by atoms with Crippen LogP contribution in [0.4, 0.5) is 0 Å². The van der Waals surface area contributed by atoms with Crippen LogP contribution in [0.3, 0.4) is 0 Å². The number of aliphatic hydroxyl groups excluding tert-OH is 1. The van der Waals surface area contributed by atoms with Gasteiger partial charge >= 0.3 is 0 Å². The number of sulfone groups is 1. The van der Waals surface area contributed by atoms with Crippen LogP contribution >= 0.6 is 0 Å². The molecule has 2 atom stereocenters. The summed E-state index contributed by atoms with van der Waals surface area (Å²) in [5, 5.41) is 10.2. The maximum absolute atomic E-state index is 12.9. The van der Waals surface area contributed by atoms with Crippen LogP contribution in [0, 0.1) is 17.3 Å². The minimum atomic E-state index is -3.19. The lowest BCUT2D eigenvalue weighted by Crippen LogP contribution is -2.41. The molecule has 2 unspecified atom stereocenters. The number of rotatable bonds is 5. The summed E-state index contributed by atoms with van der Waals surface area (Å²) < 4.78 is 28.6. The highest BCUT2D eigenvalue weighted by Gasteiger charge is 2.53. The van der Waals surface area contributed by atoms with Gasteiger partial charge in [-0.1, -0.05) is 12.1 Å². The summed E-state index contributed by atoms with van der Waals surface area (Å²) in [6.45, 7) is 5.03. The van der Waals surface area contributed by atoms with Crippen LogP contribution in [0.2, 0.25) is 0 Å². The third-order valence-corrected chi connectivity index (χ3v) is 7.91. The molecule has 1 aromatic rings. The summed E-state index contributed by atoms with van der Waals surface area (Å²) in [5.41, 5.74) is 0.800. The fraction of sp³-hybridized carbons (Fsp3) is 0.667. The maximum atomic E-state index is 12.9. The Balaban J connectivity index is 1.39. The largest absolute Gasteiger partial charge is 0.396 e. The summed E-state index contributed by atoms with van der Waals surface area (Å²) in [4.78, 5) is 17.5. The molecular formula is C21H30N2O5S. The highest BCUT2D eigenvalue weighted by atomic mass is 32.2. The summed E-state index contributed by atoms with van der Waals surface area (Å²) in [5.74, 6) is 0.549. The minimum Gasteiger partial charge on any atom is -0.396 e. The molecule has 0 aliphatic carbocycles. The predicted molar refractivity (Wildman–Crippen MR) is 108 cm³/mol. The Labute approximate surface area is 172 Å². The first-order valence-electron chi connectivity index (χ1n) is 10.3. The standard InChI is InChI=1S/C21H30N2O5S/c1-29(26,27)19-4-2-16(3-5-19)10-22-11-18-12-23(14-21(18,13-22)15-24)20(25)17-6-8-28-9-7-17/h2-5,17-18,24H,6-15H2,1H3. The van der Waals surface area contributed by atoms with E-state index >= 15 is 0 Å². The Morgan fingerprint density at radius 1 is 1.17 bits per heavy atom. The van der Waals surface area contributed by atoms with Crippen molar-refractivity contribution in [3.05, 3.63) is 29.8 Å². The van der Waals surface area contributed by atoms with Gasteiger partial charge in [-0.05, 0) is 36.5 Å².